The van der Waals surface area contributed by atoms with Gasteiger partial charge in [0.1, 0.15) is 5.78 Å². The van der Waals surface area contributed by atoms with E-state index in [0.29, 0.717) is 24.2 Å². The highest BCUT2D eigenvalue weighted by atomic mass is 32.1. The normalized spacial score (nSPS) is 21.6. The third kappa shape index (κ3) is 9.44. The highest BCUT2D eigenvalue weighted by Crippen LogP contribution is 2.43. The summed E-state index contributed by atoms with van der Waals surface area (Å²) in [7, 11) is 0. The lowest BCUT2D eigenvalue weighted by Crippen LogP contribution is -2.59. The molecule has 68 heavy (non-hydrogen) atoms. The van der Waals surface area contributed by atoms with Gasteiger partial charge < -0.3 is 38.6 Å². The molecule has 0 spiro atoms. The number of benzene rings is 5. The molecular formula is C55H71N7O4S2. The van der Waals surface area contributed by atoms with Crippen LogP contribution in [0.1, 0.15) is 144 Å². The van der Waals surface area contributed by atoms with Crippen molar-refractivity contribution >= 4 is 95.4 Å². The van der Waals surface area contributed by atoms with Crippen molar-refractivity contribution in [3.63, 3.8) is 0 Å². The summed E-state index contributed by atoms with van der Waals surface area (Å²) in [6.07, 6.45) is 3.84. The van der Waals surface area contributed by atoms with Crippen molar-refractivity contribution in [1.82, 2.24) is 15.2 Å². The Labute approximate surface area is 412 Å². The van der Waals surface area contributed by atoms with Gasteiger partial charge in [-0.1, -0.05) is 59.8 Å². The molecule has 0 amide bonds. The van der Waals surface area contributed by atoms with Gasteiger partial charge in [0.15, 0.2) is 0 Å². The van der Waals surface area contributed by atoms with E-state index in [9.17, 15) is 20.4 Å². The maximum Gasteiger partial charge on any atom is 0.136 e. The van der Waals surface area contributed by atoms with Crippen molar-refractivity contribution in [2.75, 3.05) is 22.9 Å². The summed E-state index contributed by atoms with van der Waals surface area (Å²) in [5, 5.41) is 43.2. The molecule has 3 aliphatic heterocycles. The Balaban J connectivity index is 0.000000186. The van der Waals surface area contributed by atoms with Crippen LogP contribution in [0.4, 0.5) is 22.7 Å². The van der Waals surface area contributed by atoms with Gasteiger partial charge in [-0.15, -0.1) is 0 Å². The predicted octanol–water partition coefficient (Wildman–Crippen LogP) is 9.84. The number of nitrogens with zero attached hydrogens (tertiary/aromatic N) is 3. The van der Waals surface area contributed by atoms with Crippen LogP contribution in [0.5, 0.6) is 0 Å². The molecule has 0 unspecified atom stereocenters. The third-order valence-corrected chi connectivity index (χ3v) is 15.1. The Kier molecular flexibility index (Phi) is 13.2. The number of fused-ring (bicyclic) bond motifs is 4. The molecule has 5 aromatic carbocycles. The second-order valence-corrected chi connectivity index (χ2v) is 24.1. The Morgan fingerprint density at radius 1 is 0.397 bits per heavy atom. The highest BCUT2D eigenvalue weighted by Gasteiger charge is 2.46. The van der Waals surface area contributed by atoms with Gasteiger partial charge in [-0.3, -0.25) is 4.79 Å². The maximum atomic E-state index is 11.3. The van der Waals surface area contributed by atoms with Crippen molar-refractivity contribution in [2.24, 2.45) is 0 Å². The molecule has 3 saturated heterocycles. The average molecular weight is 958 g/mol. The lowest BCUT2D eigenvalue weighted by atomic mass is 9.75. The van der Waals surface area contributed by atoms with Gasteiger partial charge in [-0.25, -0.2) is 0 Å². The quantitative estimate of drug-likeness (QED) is 0.0433. The summed E-state index contributed by atoms with van der Waals surface area (Å²) in [6.45, 7) is 24.3. The molecule has 4 aliphatic rings. The number of Topliss-reactive ketones (excluding diaryl/α,β-unsaturated/α-hetero) is 1. The first kappa shape index (κ1) is 51.0. The zero-order chi connectivity index (χ0) is 50.4. The van der Waals surface area contributed by atoms with Gasteiger partial charge in [0, 0.05) is 91.1 Å². The Hall–Kier alpha value is -4.83. The highest BCUT2D eigenvalue weighted by molar-refractivity contribution is 7.82. The standard InChI is InChI=1S/C32H44N4O2.C14H10N2S2.C9H17NO2/c1-29(2)15-19(16-30(3,4)35(29)37)27-23-11-9-22(34)14-26(23)28(24-12-10-21(33)13-25(24)27)20-17-31(5,6)36(38)32(7,8)18-20;15-7-1-3-9-11(5-7)14(18)10-4-2-8(16)6-12(10)13(9)17;1-8(2)5-7(11)6-9(3,4)10(8)12/h9-14,37-38H,15-18,33-34H2,1-8H3;1-6H,15-16H2;12H,5-6H2,1-4H3. The monoisotopic (exact) mass is 958 g/mol. The fraction of sp³-hybridized carbons (Fsp3) is 0.436. The van der Waals surface area contributed by atoms with Crippen molar-refractivity contribution < 1.29 is 20.4 Å². The average Bonchev–Trinajstić information content (AvgIpc) is 3.21. The minimum absolute atomic E-state index is 0.232. The number of thiocarbonyl (C=S) groups is 2. The van der Waals surface area contributed by atoms with Crippen molar-refractivity contribution in [3.05, 3.63) is 105 Å². The zero-order valence-electron chi connectivity index (χ0n) is 41.9. The predicted molar refractivity (Wildman–Crippen MR) is 288 cm³/mol. The molecular weight excluding hydrogens is 887 g/mol. The van der Waals surface area contributed by atoms with E-state index in [1.807, 2.05) is 76.2 Å². The van der Waals surface area contributed by atoms with E-state index in [-0.39, 0.29) is 5.78 Å². The first-order chi connectivity index (χ1) is 31.3. The minimum atomic E-state index is -0.418. The summed E-state index contributed by atoms with van der Waals surface area (Å²) in [5.74, 6) is 0.232. The second-order valence-electron chi connectivity index (χ2n) is 23.2. The first-order valence-electron chi connectivity index (χ1n) is 23.4. The maximum absolute atomic E-state index is 11.3. The number of carbonyl (C=O) groups excluding carboxylic acids is 1. The van der Waals surface area contributed by atoms with E-state index < -0.39 is 33.2 Å². The van der Waals surface area contributed by atoms with Gasteiger partial charge >= 0.3 is 0 Å². The molecule has 0 atom stereocenters. The number of hydrogen-bond acceptors (Lipinski definition) is 13. The number of nitrogen functional groups attached to an aromatic ring is 4. The molecule has 362 valence electrons. The molecule has 11 N–H and O–H groups in total. The minimum Gasteiger partial charge on any atom is -0.399 e. The number of piperidine rings is 3. The number of carbonyl (C=O) groups is 1. The topological polar surface area (TPSA) is 192 Å². The Morgan fingerprint density at radius 3 is 0.971 bits per heavy atom. The lowest BCUT2D eigenvalue weighted by molar-refractivity contribution is -0.236. The third-order valence-electron chi connectivity index (χ3n) is 14.2. The number of hydroxylamine groups is 6. The molecule has 0 saturated carbocycles. The van der Waals surface area contributed by atoms with Crippen LogP contribution < -0.4 is 33.4 Å². The molecule has 9 rings (SSSR count). The van der Waals surface area contributed by atoms with Crippen molar-refractivity contribution in [3.8, 4) is 0 Å². The molecule has 0 bridgehead atoms. The van der Waals surface area contributed by atoms with Crippen molar-refractivity contribution in [1.29, 1.82) is 0 Å². The smallest absolute Gasteiger partial charge is 0.136 e. The van der Waals surface area contributed by atoms with Crippen LogP contribution >= 0.6 is 24.4 Å². The fourth-order valence-electron chi connectivity index (χ4n) is 11.7. The van der Waals surface area contributed by atoms with Crippen molar-refractivity contribution in [2.45, 2.75) is 155 Å². The van der Waals surface area contributed by atoms with Crippen LogP contribution in [0.15, 0.2) is 72.8 Å². The largest absolute Gasteiger partial charge is 0.399 e. The summed E-state index contributed by atoms with van der Waals surface area (Å²) in [4.78, 5) is 12.9. The molecule has 0 radical (unpaired) electrons. The lowest BCUT2D eigenvalue weighted by Gasteiger charge is -2.50. The van der Waals surface area contributed by atoms with Gasteiger partial charge in [0.25, 0.3) is 0 Å². The number of hydrogen-bond donors (Lipinski definition) is 7. The molecule has 3 fully saturated rings. The first-order valence-corrected chi connectivity index (χ1v) is 24.2. The summed E-state index contributed by atoms with van der Waals surface area (Å²) >= 11 is 11.0. The Bertz CT molecular complexity index is 2800. The van der Waals surface area contributed by atoms with Gasteiger partial charge in [-0.05, 0) is 189 Å². The van der Waals surface area contributed by atoms with Crippen LogP contribution in [0.25, 0.3) is 32.7 Å². The molecule has 0 aromatic heterocycles. The van der Waals surface area contributed by atoms with E-state index in [4.69, 9.17) is 47.4 Å². The van der Waals surface area contributed by atoms with Gasteiger partial charge in [0.05, 0.1) is 9.73 Å². The molecule has 5 aromatic rings. The van der Waals surface area contributed by atoms with Crippen LogP contribution in [0.2, 0.25) is 0 Å². The fourth-order valence-corrected chi connectivity index (χ4v) is 12.4. The molecule has 11 nitrogen and oxygen atoms in total. The molecule has 13 heteroatoms. The second kappa shape index (κ2) is 17.5. The van der Waals surface area contributed by atoms with E-state index >= 15 is 0 Å². The Morgan fingerprint density at radius 2 is 0.662 bits per heavy atom. The SMILES string of the molecule is CC1(C)CC(=O)CC(C)(C)N1O.CC1(C)CC(=c2c3ccc(N)cc3c(=C3CC(C)(C)N(O)C(C)(C)C3)c3ccc(N)cc23)CC(C)(C)N1O.Nc1ccc2c(c1)C(=S)c1ccc(N)cc1C2=S. The molecule has 3 heterocycles. The van der Waals surface area contributed by atoms with Crippen LogP contribution in [0, 0.1) is 0 Å². The van der Waals surface area contributed by atoms with E-state index in [2.05, 4.69) is 79.7 Å². The van der Waals surface area contributed by atoms with E-state index in [0.717, 1.165) is 90.6 Å². The summed E-state index contributed by atoms with van der Waals surface area (Å²) in [5.41, 5.74) is 31.2. The molecule has 1 aliphatic carbocycles. The number of rotatable bonds is 0. The summed E-state index contributed by atoms with van der Waals surface area (Å²) < 4.78 is 0. The van der Waals surface area contributed by atoms with Gasteiger partial charge in [-0.2, -0.15) is 15.2 Å². The van der Waals surface area contributed by atoms with E-state index in [1.54, 1.807) is 0 Å². The van der Waals surface area contributed by atoms with Crippen LogP contribution in [-0.4, -0.2) is 79.6 Å². The van der Waals surface area contributed by atoms with E-state index in [1.165, 1.54) is 36.8 Å². The summed E-state index contributed by atoms with van der Waals surface area (Å²) in [6, 6.07) is 23.8. The number of nitrogens with two attached hydrogens (primary N) is 4. The van der Waals surface area contributed by atoms with Crippen LogP contribution in [-0.2, 0) is 4.79 Å². The zero-order valence-corrected chi connectivity index (χ0v) is 43.5. The van der Waals surface area contributed by atoms with Gasteiger partial charge in [0.2, 0.25) is 0 Å². The number of anilines is 4. The van der Waals surface area contributed by atoms with Crippen LogP contribution in [0.3, 0.4) is 0 Å². The number of ketones is 1.